The van der Waals surface area contributed by atoms with Gasteiger partial charge in [-0.2, -0.15) is 0 Å². The van der Waals surface area contributed by atoms with Crippen molar-refractivity contribution >= 4 is 23.0 Å². The van der Waals surface area contributed by atoms with Crippen LogP contribution in [0.4, 0.5) is 17.1 Å². The van der Waals surface area contributed by atoms with Gasteiger partial charge in [-0.25, -0.2) is 0 Å². The Morgan fingerprint density at radius 2 is 1.77 bits per heavy atom. The highest BCUT2D eigenvalue weighted by Crippen LogP contribution is 2.41. The summed E-state index contributed by atoms with van der Waals surface area (Å²) in [4.78, 5) is 34.2. The highest BCUT2D eigenvalue weighted by Gasteiger charge is 2.34. The first kappa shape index (κ1) is 15.7. The molecule has 1 atom stereocenters. The van der Waals surface area contributed by atoms with E-state index in [2.05, 4.69) is 0 Å². The molecule has 9 heteroatoms. The Bertz CT molecular complexity index is 610. The third-order valence-electron chi connectivity index (χ3n) is 3.84. The largest absolute Gasteiger partial charge is 0.366 e. The number of carbonyl (C=O) groups excluding carboxylic acids is 1. The van der Waals surface area contributed by atoms with Crippen molar-refractivity contribution in [1.29, 1.82) is 0 Å². The van der Waals surface area contributed by atoms with E-state index in [9.17, 15) is 25.0 Å². The molecular formula is C13H16N4O5. The zero-order valence-corrected chi connectivity index (χ0v) is 12.0. The van der Waals surface area contributed by atoms with Crippen molar-refractivity contribution < 1.29 is 14.6 Å². The van der Waals surface area contributed by atoms with Crippen LogP contribution in [0.25, 0.3) is 0 Å². The Labute approximate surface area is 126 Å². The van der Waals surface area contributed by atoms with Crippen LogP contribution >= 0.6 is 0 Å². The molecule has 1 aliphatic rings. The fourth-order valence-corrected chi connectivity index (χ4v) is 2.75. The minimum absolute atomic E-state index is 0.0489. The number of carbonyl (C=O) groups is 1. The van der Waals surface area contributed by atoms with E-state index in [1.54, 1.807) is 4.90 Å². The fraction of sp³-hybridized carbons (Fsp3) is 0.462. The summed E-state index contributed by atoms with van der Waals surface area (Å²) in [6.45, 7) is 2.37. The van der Waals surface area contributed by atoms with Gasteiger partial charge in [0.2, 0.25) is 5.91 Å². The third kappa shape index (κ3) is 2.83. The lowest BCUT2D eigenvalue weighted by Crippen LogP contribution is -2.38. The number of nitro benzene ring substituents is 2. The lowest BCUT2D eigenvalue weighted by atomic mass is 10.0. The molecule has 9 nitrogen and oxygen atoms in total. The van der Waals surface area contributed by atoms with Crippen LogP contribution in [0.3, 0.4) is 0 Å². The van der Waals surface area contributed by atoms with E-state index in [4.69, 9.17) is 5.73 Å². The molecule has 1 saturated heterocycles. The molecule has 1 fully saturated rings. The van der Waals surface area contributed by atoms with E-state index in [-0.39, 0.29) is 17.3 Å². The number of nitrogens with two attached hydrogens (primary N) is 1. The molecule has 1 aliphatic heterocycles. The highest BCUT2D eigenvalue weighted by atomic mass is 16.6. The van der Waals surface area contributed by atoms with Crippen LogP contribution in [0, 0.1) is 20.2 Å². The minimum atomic E-state index is -0.940. The van der Waals surface area contributed by atoms with E-state index in [0.717, 1.165) is 31.4 Å². The SMILES string of the molecule is CC1CCCCN1c1c([N+](=O)[O-])cc(C(N)=O)cc1[N+](=O)[O-]. The average Bonchev–Trinajstić information content (AvgIpc) is 2.46. The molecule has 22 heavy (non-hydrogen) atoms. The summed E-state index contributed by atoms with van der Waals surface area (Å²) in [7, 11) is 0. The molecule has 1 aromatic carbocycles. The first-order valence-corrected chi connectivity index (χ1v) is 6.86. The van der Waals surface area contributed by atoms with Gasteiger partial charge in [0.1, 0.15) is 0 Å². The molecule has 0 spiro atoms. The molecular weight excluding hydrogens is 292 g/mol. The Morgan fingerprint density at radius 3 is 2.18 bits per heavy atom. The zero-order chi connectivity index (χ0) is 16.4. The van der Waals surface area contributed by atoms with E-state index < -0.39 is 27.1 Å². The van der Waals surface area contributed by atoms with Gasteiger partial charge in [-0.3, -0.25) is 25.0 Å². The van der Waals surface area contributed by atoms with E-state index in [1.807, 2.05) is 6.92 Å². The van der Waals surface area contributed by atoms with Crippen molar-refractivity contribution in [3.63, 3.8) is 0 Å². The van der Waals surface area contributed by atoms with Gasteiger partial charge in [-0.1, -0.05) is 0 Å². The van der Waals surface area contributed by atoms with Crippen molar-refractivity contribution in [2.24, 2.45) is 5.73 Å². The number of nitrogens with zero attached hydrogens (tertiary/aromatic N) is 3. The number of rotatable bonds is 4. The monoisotopic (exact) mass is 308 g/mol. The van der Waals surface area contributed by atoms with Crippen molar-refractivity contribution in [1.82, 2.24) is 0 Å². The number of amides is 1. The van der Waals surface area contributed by atoms with Gasteiger partial charge >= 0.3 is 0 Å². The first-order valence-electron chi connectivity index (χ1n) is 6.86. The van der Waals surface area contributed by atoms with E-state index in [0.29, 0.717) is 6.54 Å². The van der Waals surface area contributed by atoms with Crippen LogP contribution in [0.1, 0.15) is 36.5 Å². The Morgan fingerprint density at radius 1 is 1.23 bits per heavy atom. The van der Waals surface area contributed by atoms with Crippen LogP contribution in [0.5, 0.6) is 0 Å². The second-order valence-corrected chi connectivity index (χ2v) is 5.28. The highest BCUT2D eigenvalue weighted by molar-refractivity contribution is 5.96. The number of piperidine rings is 1. The van der Waals surface area contributed by atoms with Gasteiger partial charge in [0.25, 0.3) is 11.4 Å². The van der Waals surface area contributed by atoms with Gasteiger partial charge in [0.05, 0.1) is 15.4 Å². The van der Waals surface area contributed by atoms with Gasteiger partial charge in [0, 0.05) is 24.7 Å². The van der Waals surface area contributed by atoms with Gasteiger partial charge < -0.3 is 10.6 Å². The summed E-state index contributed by atoms with van der Waals surface area (Å²) in [6.07, 6.45) is 2.57. The first-order chi connectivity index (χ1) is 10.3. The summed E-state index contributed by atoms with van der Waals surface area (Å²) in [5.41, 5.74) is 3.89. The molecule has 0 radical (unpaired) electrons. The number of hydrogen-bond donors (Lipinski definition) is 1. The second kappa shape index (κ2) is 5.96. The Balaban J connectivity index is 2.70. The molecule has 0 aromatic heterocycles. The average molecular weight is 308 g/mol. The topological polar surface area (TPSA) is 133 Å². The molecule has 1 aromatic rings. The maximum absolute atomic E-state index is 11.3. The van der Waals surface area contributed by atoms with Crippen molar-refractivity contribution in [2.45, 2.75) is 32.2 Å². The molecule has 0 bridgehead atoms. The van der Waals surface area contributed by atoms with Crippen LogP contribution in [0.15, 0.2) is 12.1 Å². The predicted molar refractivity (Wildman–Crippen MR) is 78.9 cm³/mol. The maximum atomic E-state index is 11.3. The van der Waals surface area contributed by atoms with E-state index in [1.165, 1.54) is 0 Å². The standard InChI is InChI=1S/C13H16N4O5/c1-8-4-2-3-5-15(8)12-10(16(19)20)6-9(13(14)18)7-11(12)17(21)22/h6-8H,2-5H2,1H3,(H2,14,18). The summed E-state index contributed by atoms with van der Waals surface area (Å²) in [5.74, 6) is -0.940. The van der Waals surface area contributed by atoms with Crippen molar-refractivity contribution in [3.05, 3.63) is 37.9 Å². The van der Waals surface area contributed by atoms with Gasteiger partial charge in [0.15, 0.2) is 5.69 Å². The minimum Gasteiger partial charge on any atom is -0.366 e. The molecule has 1 unspecified atom stereocenters. The predicted octanol–water partition coefficient (Wildman–Crippen LogP) is 1.98. The number of hydrogen-bond acceptors (Lipinski definition) is 6. The molecule has 1 amide bonds. The molecule has 2 N–H and O–H groups in total. The van der Waals surface area contributed by atoms with Crippen LogP contribution in [0.2, 0.25) is 0 Å². The summed E-state index contributed by atoms with van der Waals surface area (Å²) < 4.78 is 0. The van der Waals surface area contributed by atoms with Crippen LogP contribution < -0.4 is 10.6 Å². The van der Waals surface area contributed by atoms with Crippen LogP contribution in [-0.4, -0.2) is 28.3 Å². The number of benzene rings is 1. The molecule has 1 heterocycles. The van der Waals surface area contributed by atoms with E-state index >= 15 is 0 Å². The Kier molecular flexibility index (Phi) is 4.25. The summed E-state index contributed by atoms with van der Waals surface area (Å²) in [5, 5.41) is 22.6. The van der Waals surface area contributed by atoms with Gasteiger partial charge in [-0.15, -0.1) is 0 Å². The lowest BCUT2D eigenvalue weighted by Gasteiger charge is -2.34. The normalized spacial score (nSPS) is 18.0. The van der Waals surface area contributed by atoms with Gasteiger partial charge in [-0.05, 0) is 26.2 Å². The number of anilines is 1. The molecule has 0 aliphatic carbocycles. The second-order valence-electron chi connectivity index (χ2n) is 5.28. The lowest BCUT2D eigenvalue weighted by molar-refractivity contribution is -0.392. The zero-order valence-electron chi connectivity index (χ0n) is 12.0. The molecule has 118 valence electrons. The van der Waals surface area contributed by atoms with Crippen molar-refractivity contribution in [2.75, 3.05) is 11.4 Å². The Hall–Kier alpha value is -2.71. The third-order valence-corrected chi connectivity index (χ3v) is 3.84. The number of nitro groups is 2. The fourth-order valence-electron chi connectivity index (χ4n) is 2.75. The quantitative estimate of drug-likeness (QED) is 0.668. The van der Waals surface area contributed by atoms with Crippen LogP contribution in [-0.2, 0) is 0 Å². The number of primary amides is 1. The molecule has 0 saturated carbocycles. The maximum Gasteiger partial charge on any atom is 0.300 e. The molecule has 2 rings (SSSR count). The smallest absolute Gasteiger partial charge is 0.300 e. The van der Waals surface area contributed by atoms with Crippen molar-refractivity contribution in [3.8, 4) is 0 Å². The summed E-state index contributed by atoms with van der Waals surface area (Å²) in [6, 6.07) is 1.96. The summed E-state index contributed by atoms with van der Waals surface area (Å²) >= 11 is 0.